The Morgan fingerprint density at radius 1 is 1.28 bits per heavy atom. The van der Waals surface area contributed by atoms with Crippen molar-refractivity contribution in [3.05, 3.63) is 11.3 Å². The minimum Gasteiger partial charge on any atom is -0.467 e. The first kappa shape index (κ1) is 11.7. The maximum absolute atomic E-state index is 5.16. The molecule has 98 valence electrons. The Balaban J connectivity index is 1.75. The summed E-state index contributed by atoms with van der Waals surface area (Å²) in [6.45, 7) is 2.69. The number of rotatable bonds is 4. The van der Waals surface area contributed by atoms with E-state index in [1.165, 1.54) is 31.2 Å². The smallest absolute Gasteiger partial charge is 0.318 e. The van der Waals surface area contributed by atoms with Crippen molar-refractivity contribution in [1.82, 2.24) is 15.3 Å². The highest BCUT2D eigenvalue weighted by atomic mass is 16.5. The summed E-state index contributed by atoms with van der Waals surface area (Å²) in [5.41, 5.74) is 2.27. The van der Waals surface area contributed by atoms with E-state index in [4.69, 9.17) is 4.74 Å². The summed E-state index contributed by atoms with van der Waals surface area (Å²) in [5.74, 6) is 1.75. The molecule has 5 nitrogen and oxygen atoms in total. The minimum absolute atomic E-state index is 0.464. The van der Waals surface area contributed by atoms with E-state index in [1.54, 1.807) is 7.11 Å². The molecular weight excluding hydrogens is 228 g/mol. The SMILES string of the molecule is COc1nc2c(c(NCC3CCCC3)n1)CNC2. The van der Waals surface area contributed by atoms with E-state index in [0.717, 1.165) is 37.1 Å². The van der Waals surface area contributed by atoms with Crippen LogP contribution in [0.2, 0.25) is 0 Å². The van der Waals surface area contributed by atoms with Gasteiger partial charge in [0, 0.05) is 25.2 Å². The van der Waals surface area contributed by atoms with E-state index in [2.05, 4.69) is 20.6 Å². The number of nitrogens with one attached hydrogen (secondary N) is 2. The molecule has 0 bridgehead atoms. The maximum atomic E-state index is 5.16. The molecule has 1 aliphatic carbocycles. The zero-order chi connectivity index (χ0) is 12.4. The molecule has 2 heterocycles. The van der Waals surface area contributed by atoms with E-state index in [1.807, 2.05) is 0 Å². The summed E-state index contributed by atoms with van der Waals surface area (Å²) >= 11 is 0. The molecule has 1 fully saturated rings. The van der Waals surface area contributed by atoms with Crippen molar-refractivity contribution >= 4 is 5.82 Å². The van der Waals surface area contributed by atoms with Crippen LogP contribution in [0.5, 0.6) is 6.01 Å². The van der Waals surface area contributed by atoms with Gasteiger partial charge in [-0.25, -0.2) is 0 Å². The van der Waals surface area contributed by atoms with E-state index < -0.39 is 0 Å². The number of aromatic nitrogens is 2. The molecule has 0 atom stereocenters. The normalized spacial score (nSPS) is 18.9. The van der Waals surface area contributed by atoms with Crippen LogP contribution in [0.15, 0.2) is 0 Å². The standard InChI is InChI=1S/C13H20N4O/c1-18-13-16-11-8-14-7-10(11)12(17-13)15-6-9-4-2-3-5-9/h9,14H,2-8H2,1H3,(H,15,16,17). The number of methoxy groups -OCH3 is 1. The number of anilines is 1. The first-order valence-electron chi connectivity index (χ1n) is 6.75. The number of fused-ring (bicyclic) bond motifs is 1. The zero-order valence-electron chi connectivity index (χ0n) is 10.8. The van der Waals surface area contributed by atoms with Crippen molar-refractivity contribution in [2.45, 2.75) is 38.8 Å². The van der Waals surface area contributed by atoms with Crippen molar-refractivity contribution in [2.24, 2.45) is 5.92 Å². The average Bonchev–Trinajstić information content (AvgIpc) is 3.06. The predicted octanol–water partition coefficient (Wildman–Crippen LogP) is 1.69. The quantitative estimate of drug-likeness (QED) is 0.849. The van der Waals surface area contributed by atoms with Crippen LogP contribution in [-0.4, -0.2) is 23.6 Å². The zero-order valence-corrected chi connectivity index (χ0v) is 10.8. The third-order valence-corrected chi connectivity index (χ3v) is 3.88. The molecular formula is C13H20N4O. The van der Waals surface area contributed by atoms with Gasteiger partial charge in [-0.3, -0.25) is 0 Å². The Morgan fingerprint density at radius 2 is 2.11 bits per heavy atom. The van der Waals surface area contributed by atoms with Crippen LogP contribution in [0.3, 0.4) is 0 Å². The number of nitrogens with zero attached hydrogens (tertiary/aromatic N) is 2. The molecule has 0 radical (unpaired) electrons. The lowest BCUT2D eigenvalue weighted by Gasteiger charge is -2.14. The van der Waals surface area contributed by atoms with Gasteiger partial charge in [-0.1, -0.05) is 12.8 Å². The fraction of sp³-hybridized carbons (Fsp3) is 0.692. The summed E-state index contributed by atoms with van der Waals surface area (Å²) in [4.78, 5) is 8.82. The molecule has 5 heteroatoms. The predicted molar refractivity (Wildman–Crippen MR) is 69.6 cm³/mol. The Hall–Kier alpha value is -1.36. The van der Waals surface area contributed by atoms with E-state index >= 15 is 0 Å². The highest BCUT2D eigenvalue weighted by Gasteiger charge is 2.21. The van der Waals surface area contributed by atoms with Crippen LogP contribution in [-0.2, 0) is 13.1 Å². The third-order valence-electron chi connectivity index (χ3n) is 3.88. The van der Waals surface area contributed by atoms with Crippen molar-refractivity contribution in [2.75, 3.05) is 19.0 Å². The van der Waals surface area contributed by atoms with Gasteiger partial charge in [-0.05, 0) is 18.8 Å². The molecule has 0 saturated heterocycles. The number of hydrogen-bond donors (Lipinski definition) is 2. The summed E-state index contributed by atoms with van der Waals surface area (Å²) < 4.78 is 5.16. The molecule has 1 aromatic heterocycles. The number of hydrogen-bond acceptors (Lipinski definition) is 5. The van der Waals surface area contributed by atoms with Crippen molar-refractivity contribution in [3.63, 3.8) is 0 Å². The van der Waals surface area contributed by atoms with E-state index in [0.29, 0.717) is 6.01 Å². The third kappa shape index (κ3) is 2.27. The van der Waals surface area contributed by atoms with Gasteiger partial charge in [-0.2, -0.15) is 9.97 Å². The molecule has 2 N–H and O–H groups in total. The Labute approximate surface area is 107 Å². The van der Waals surface area contributed by atoms with Gasteiger partial charge in [0.2, 0.25) is 0 Å². The summed E-state index contributed by atoms with van der Waals surface area (Å²) in [7, 11) is 1.62. The van der Waals surface area contributed by atoms with Gasteiger partial charge in [0.25, 0.3) is 0 Å². The first-order valence-corrected chi connectivity index (χ1v) is 6.75. The highest BCUT2D eigenvalue weighted by molar-refractivity contribution is 5.49. The summed E-state index contributed by atoms with van der Waals surface area (Å²) in [6.07, 6.45) is 5.43. The van der Waals surface area contributed by atoms with Crippen LogP contribution >= 0.6 is 0 Å². The van der Waals surface area contributed by atoms with Gasteiger partial charge in [0.05, 0.1) is 12.8 Å². The molecule has 0 aromatic carbocycles. The molecule has 1 aliphatic heterocycles. The van der Waals surface area contributed by atoms with E-state index in [9.17, 15) is 0 Å². The Kier molecular flexibility index (Phi) is 3.32. The lowest BCUT2D eigenvalue weighted by molar-refractivity contribution is 0.378. The second-order valence-electron chi connectivity index (χ2n) is 5.12. The molecule has 18 heavy (non-hydrogen) atoms. The van der Waals surface area contributed by atoms with Crippen molar-refractivity contribution in [1.29, 1.82) is 0 Å². The monoisotopic (exact) mass is 248 g/mol. The van der Waals surface area contributed by atoms with Crippen molar-refractivity contribution < 1.29 is 4.74 Å². The van der Waals surface area contributed by atoms with Gasteiger partial charge in [0.1, 0.15) is 5.82 Å². The first-order chi connectivity index (χ1) is 8.86. The maximum Gasteiger partial charge on any atom is 0.318 e. The average molecular weight is 248 g/mol. The Bertz CT molecular complexity index is 429. The van der Waals surface area contributed by atoms with Crippen LogP contribution < -0.4 is 15.4 Å². The van der Waals surface area contributed by atoms with Gasteiger partial charge in [0.15, 0.2) is 0 Å². The van der Waals surface area contributed by atoms with Crippen molar-refractivity contribution in [3.8, 4) is 6.01 Å². The van der Waals surface area contributed by atoms with E-state index in [-0.39, 0.29) is 0 Å². The molecule has 0 amide bonds. The van der Waals surface area contributed by atoms with Gasteiger partial charge in [-0.15, -0.1) is 0 Å². The fourth-order valence-electron chi connectivity index (χ4n) is 2.84. The molecule has 1 aromatic rings. The second kappa shape index (κ2) is 5.10. The van der Waals surface area contributed by atoms with Gasteiger partial charge >= 0.3 is 6.01 Å². The topological polar surface area (TPSA) is 59.1 Å². The molecule has 2 aliphatic rings. The molecule has 1 saturated carbocycles. The lowest BCUT2D eigenvalue weighted by Crippen LogP contribution is -2.14. The molecule has 0 spiro atoms. The van der Waals surface area contributed by atoms with Crippen LogP contribution in [0, 0.1) is 5.92 Å². The Morgan fingerprint density at radius 3 is 2.89 bits per heavy atom. The fourth-order valence-corrected chi connectivity index (χ4v) is 2.84. The summed E-state index contributed by atoms with van der Waals surface area (Å²) in [5, 5.41) is 6.80. The largest absolute Gasteiger partial charge is 0.467 e. The molecule has 0 unspecified atom stereocenters. The second-order valence-corrected chi connectivity index (χ2v) is 5.12. The van der Waals surface area contributed by atoms with Crippen LogP contribution in [0.1, 0.15) is 36.9 Å². The highest BCUT2D eigenvalue weighted by Crippen LogP contribution is 2.27. The van der Waals surface area contributed by atoms with Crippen LogP contribution in [0.25, 0.3) is 0 Å². The van der Waals surface area contributed by atoms with Gasteiger partial charge < -0.3 is 15.4 Å². The lowest BCUT2D eigenvalue weighted by atomic mass is 10.1. The molecule has 3 rings (SSSR count). The summed E-state index contributed by atoms with van der Waals surface area (Å²) in [6, 6.07) is 0.464. The minimum atomic E-state index is 0.464. The van der Waals surface area contributed by atoms with Crippen LogP contribution in [0.4, 0.5) is 5.82 Å². The number of ether oxygens (including phenoxy) is 1.